The highest BCUT2D eigenvalue weighted by Gasteiger charge is 2.23. The number of hydrogen-bond acceptors (Lipinski definition) is 3. The summed E-state index contributed by atoms with van der Waals surface area (Å²) in [4.78, 5) is 17.8. The number of carbonyl (C=O) groups excluding carboxylic acids is 1. The maximum atomic E-state index is 11.8. The van der Waals surface area contributed by atoms with E-state index >= 15 is 0 Å². The van der Waals surface area contributed by atoms with Crippen molar-refractivity contribution in [1.82, 2.24) is 14.5 Å². The Kier molecular flexibility index (Phi) is 4.54. The zero-order valence-corrected chi connectivity index (χ0v) is 13.5. The molecule has 0 unspecified atom stereocenters. The van der Waals surface area contributed by atoms with Crippen LogP contribution in [0.4, 0.5) is 4.79 Å². The molecule has 118 valence electrons. The van der Waals surface area contributed by atoms with Gasteiger partial charge in [0.2, 0.25) is 0 Å². The summed E-state index contributed by atoms with van der Waals surface area (Å²) < 4.78 is 7.06. The van der Waals surface area contributed by atoms with Crippen molar-refractivity contribution in [3.63, 3.8) is 0 Å². The maximum absolute atomic E-state index is 11.8. The number of halogens is 1. The average molecular weight is 330 g/mol. The minimum absolute atomic E-state index is 0.298. The van der Waals surface area contributed by atoms with Gasteiger partial charge in [0.25, 0.3) is 0 Å². The molecule has 0 N–H and O–H groups in total. The second-order valence-electron chi connectivity index (χ2n) is 5.09. The number of fused-ring (bicyclic) bond motifs is 1. The van der Waals surface area contributed by atoms with Crippen LogP contribution in [-0.4, -0.2) is 33.7 Å². The first-order chi connectivity index (χ1) is 11.2. The third-order valence-corrected chi connectivity index (χ3v) is 3.78. The number of ether oxygens (including phenoxy) is 1. The number of amides is 1. The summed E-state index contributed by atoms with van der Waals surface area (Å²) in [6, 6.07) is 7.42. The minimum Gasteiger partial charge on any atom is -0.450 e. The van der Waals surface area contributed by atoms with Crippen LogP contribution < -0.4 is 0 Å². The van der Waals surface area contributed by atoms with Gasteiger partial charge in [0.15, 0.2) is 0 Å². The summed E-state index contributed by atoms with van der Waals surface area (Å²) in [5.74, 6) is 7.03. The van der Waals surface area contributed by atoms with E-state index in [1.807, 2.05) is 28.8 Å². The van der Waals surface area contributed by atoms with Crippen LogP contribution in [0.1, 0.15) is 24.0 Å². The van der Waals surface area contributed by atoms with E-state index in [1.165, 1.54) is 0 Å². The lowest BCUT2D eigenvalue weighted by atomic mass is 10.2. The van der Waals surface area contributed by atoms with Gasteiger partial charge in [-0.2, -0.15) is 0 Å². The van der Waals surface area contributed by atoms with Crippen LogP contribution in [0.15, 0.2) is 30.5 Å². The molecule has 0 fully saturated rings. The Morgan fingerprint density at radius 1 is 1.39 bits per heavy atom. The molecule has 0 spiro atoms. The molecule has 5 nitrogen and oxygen atoms in total. The molecule has 0 bridgehead atoms. The predicted octanol–water partition coefficient (Wildman–Crippen LogP) is 2.91. The van der Waals surface area contributed by atoms with Crippen molar-refractivity contribution in [2.24, 2.45) is 0 Å². The molecule has 0 saturated heterocycles. The molecule has 2 heterocycles. The first kappa shape index (κ1) is 15.4. The van der Waals surface area contributed by atoms with Gasteiger partial charge in [0.1, 0.15) is 11.5 Å². The van der Waals surface area contributed by atoms with Gasteiger partial charge < -0.3 is 9.30 Å². The number of benzene rings is 1. The number of carbonyl (C=O) groups is 1. The predicted molar refractivity (Wildman–Crippen MR) is 87.1 cm³/mol. The fourth-order valence-electron chi connectivity index (χ4n) is 2.43. The van der Waals surface area contributed by atoms with E-state index in [4.69, 9.17) is 16.3 Å². The molecule has 1 aromatic carbocycles. The first-order valence-corrected chi connectivity index (χ1v) is 7.79. The van der Waals surface area contributed by atoms with E-state index in [0.29, 0.717) is 31.3 Å². The van der Waals surface area contributed by atoms with Crippen LogP contribution in [0, 0.1) is 11.8 Å². The molecule has 6 heteroatoms. The van der Waals surface area contributed by atoms with E-state index in [0.717, 1.165) is 17.1 Å². The highest BCUT2D eigenvalue weighted by molar-refractivity contribution is 6.30. The van der Waals surface area contributed by atoms with E-state index < -0.39 is 0 Å². The number of rotatable bonds is 1. The van der Waals surface area contributed by atoms with Gasteiger partial charge >= 0.3 is 6.09 Å². The summed E-state index contributed by atoms with van der Waals surface area (Å²) in [6.07, 6.45) is 1.44. The molecule has 1 aromatic heterocycles. The molecular formula is C17H16ClN3O2. The number of hydrogen-bond donors (Lipinski definition) is 0. The second kappa shape index (κ2) is 6.76. The fourth-order valence-corrected chi connectivity index (χ4v) is 2.62. The van der Waals surface area contributed by atoms with Crippen LogP contribution >= 0.6 is 11.6 Å². The SMILES string of the molecule is CCOC(=O)N1CCn2c(C#Cc3cccc(Cl)c3)cnc2C1. The molecule has 0 saturated carbocycles. The fraction of sp³-hybridized carbons (Fsp3) is 0.294. The summed E-state index contributed by atoms with van der Waals surface area (Å²) in [7, 11) is 0. The van der Waals surface area contributed by atoms with E-state index in [2.05, 4.69) is 16.8 Å². The third-order valence-electron chi connectivity index (χ3n) is 3.55. The Morgan fingerprint density at radius 3 is 3.04 bits per heavy atom. The van der Waals surface area contributed by atoms with Crippen LogP contribution in [0.5, 0.6) is 0 Å². The Morgan fingerprint density at radius 2 is 2.26 bits per heavy atom. The average Bonchev–Trinajstić information content (AvgIpc) is 2.95. The van der Waals surface area contributed by atoms with Gasteiger partial charge in [-0.1, -0.05) is 23.6 Å². The quantitative estimate of drug-likeness (QED) is 0.756. The van der Waals surface area contributed by atoms with E-state index in [9.17, 15) is 4.79 Å². The molecule has 1 aliphatic heterocycles. The zero-order valence-electron chi connectivity index (χ0n) is 12.8. The largest absolute Gasteiger partial charge is 0.450 e. The van der Waals surface area contributed by atoms with Crippen molar-refractivity contribution in [1.29, 1.82) is 0 Å². The first-order valence-electron chi connectivity index (χ1n) is 7.41. The molecule has 3 rings (SSSR count). The van der Waals surface area contributed by atoms with Crippen molar-refractivity contribution in [2.45, 2.75) is 20.0 Å². The topological polar surface area (TPSA) is 47.4 Å². The van der Waals surface area contributed by atoms with Crippen molar-refractivity contribution >= 4 is 17.7 Å². The molecule has 0 atom stereocenters. The summed E-state index contributed by atoms with van der Waals surface area (Å²) in [5.41, 5.74) is 1.69. The molecule has 1 aliphatic rings. The standard InChI is InChI=1S/C17H16ClN3O2/c1-2-23-17(22)20-8-9-21-15(11-19-16(21)12-20)7-6-13-4-3-5-14(18)10-13/h3-5,10-11H,2,8-9,12H2,1H3. The van der Waals surface area contributed by atoms with Crippen LogP contribution in [0.2, 0.25) is 5.02 Å². The van der Waals surface area contributed by atoms with Crippen molar-refractivity contribution in [3.05, 3.63) is 52.6 Å². The van der Waals surface area contributed by atoms with Gasteiger partial charge in [-0.05, 0) is 31.0 Å². The number of nitrogens with zero attached hydrogens (tertiary/aromatic N) is 3. The Hall–Kier alpha value is -2.45. The van der Waals surface area contributed by atoms with Crippen molar-refractivity contribution < 1.29 is 9.53 Å². The lowest BCUT2D eigenvalue weighted by molar-refractivity contribution is 0.0962. The van der Waals surface area contributed by atoms with Crippen molar-refractivity contribution in [2.75, 3.05) is 13.2 Å². The lowest BCUT2D eigenvalue weighted by Crippen LogP contribution is -2.39. The summed E-state index contributed by atoms with van der Waals surface area (Å²) in [5, 5.41) is 0.664. The number of imidazole rings is 1. The van der Waals surface area contributed by atoms with Gasteiger partial charge in [-0.15, -0.1) is 0 Å². The maximum Gasteiger partial charge on any atom is 0.410 e. The van der Waals surface area contributed by atoms with Crippen LogP contribution in [0.3, 0.4) is 0 Å². The molecule has 2 aromatic rings. The van der Waals surface area contributed by atoms with Crippen LogP contribution in [0.25, 0.3) is 0 Å². The minimum atomic E-state index is -0.298. The van der Waals surface area contributed by atoms with Crippen molar-refractivity contribution in [3.8, 4) is 11.8 Å². The van der Waals surface area contributed by atoms with Gasteiger partial charge in [-0.25, -0.2) is 9.78 Å². The third kappa shape index (κ3) is 3.49. The monoisotopic (exact) mass is 329 g/mol. The summed E-state index contributed by atoms with van der Waals surface area (Å²) >= 11 is 5.96. The highest BCUT2D eigenvalue weighted by Crippen LogP contribution is 2.15. The second-order valence-corrected chi connectivity index (χ2v) is 5.53. The van der Waals surface area contributed by atoms with E-state index in [1.54, 1.807) is 18.0 Å². The molecular weight excluding hydrogens is 314 g/mol. The molecule has 0 aliphatic carbocycles. The van der Waals surface area contributed by atoms with E-state index in [-0.39, 0.29) is 6.09 Å². The normalized spacial score (nSPS) is 13.0. The lowest BCUT2D eigenvalue weighted by Gasteiger charge is -2.27. The van der Waals surface area contributed by atoms with Gasteiger partial charge in [0.05, 0.1) is 19.3 Å². The Labute approximate surface area is 139 Å². The Bertz CT molecular complexity index is 789. The zero-order chi connectivity index (χ0) is 16.2. The highest BCUT2D eigenvalue weighted by atomic mass is 35.5. The Balaban J connectivity index is 1.78. The molecule has 23 heavy (non-hydrogen) atoms. The number of aromatic nitrogens is 2. The smallest absolute Gasteiger partial charge is 0.410 e. The molecule has 0 radical (unpaired) electrons. The summed E-state index contributed by atoms with van der Waals surface area (Å²) in [6.45, 7) is 3.87. The van der Waals surface area contributed by atoms with Gasteiger partial charge in [-0.3, -0.25) is 4.90 Å². The molecule has 1 amide bonds. The van der Waals surface area contributed by atoms with Crippen LogP contribution in [-0.2, 0) is 17.8 Å². The van der Waals surface area contributed by atoms with Gasteiger partial charge in [0, 0.05) is 23.7 Å².